The number of aliphatic hydroxyl groups excluding tert-OH is 1. The van der Waals surface area contributed by atoms with Crippen molar-refractivity contribution in [3.05, 3.63) is 41.0 Å². The monoisotopic (exact) mass is 730 g/mol. The summed E-state index contributed by atoms with van der Waals surface area (Å²) in [5.74, 6) is -1.07. The summed E-state index contributed by atoms with van der Waals surface area (Å²) in [7, 11) is 0. The number of aliphatic hydroxyl groups is 1. The lowest BCUT2D eigenvalue weighted by Crippen LogP contribution is -2.57. The lowest BCUT2D eigenvalue weighted by Gasteiger charge is -2.35. The quantitative estimate of drug-likeness (QED) is 0.136. The Kier molecular flexibility index (Phi) is 14.2. The highest BCUT2D eigenvalue weighted by molar-refractivity contribution is 14.1. The molecule has 1 saturated heterocycles. The first kappa shape index (κ1) is 35.3. The fourth-order valence-electron chi connectivity index (χ4n) is 4.67. The Morgan fingerprint density at radius 3 is 2.35 bits per heavy atom. The first-order valence-electron chi connectivity index (χ1n) is 14.4. The Bertz CT molecular complexity index is 1190. The van der Waals surface area contributed by atoms with Crippen LogP contribution in [0.5, 0.6) is 0 Å². The van der Waals surface area contributed by atoms with Crippen molar-refractivity contribution in [1.29, 1.82) is 0 Å². The summed E-state index contributed by atoms with van der Waals surface area (Å²) in [5, 5.41) is 16.2. The fourth-order valence-corrected chi connectivity index (χ4v) is 5.80. The lowest BCUT2D eigenvalue weighted by molar-refractivity contribution is -0.144. The number of nitrogens with one attached hydrogen (secondary N) is 2. The molecule has 43 heavy (non-hydrogen) atoms. The highest BCUT2D eigenvalue weighted by Gasteiger charge is 2.44. The van der Waals surface area contributed by atoms with Gasteiger partial charge < -0.3 is 34.9 Å². The first-order chi connectivity index (χ1) is 20.5. The molecule has 238 valence electrons. The summed E-state index contributed by atoms with van der Waals surface area (Å²) in [5.41, 5.74) is 4.14. The number of carbonyl (C=O) groups is 3. The minimum Gasteiger partial charge on any atom is -0.391 e. The van der Waals surface area contributed by atoms with Gasteiger partial charge in [0, 0.05) is 25.9 Å². The maximum Gasteiger partial charge on any atom is 0.246 e. The van der Waals surface area contributed by atoms with Crippen LogP contribution in [0.2, 0.25) is 0 Å². The number of thiazole rings is 1. The van der Waals surface area contributed by atoms with Crippen LogP contribution in [0.1, 0.15) is 44.9 Å². The predicted octanol–water partition coefficient (Wildman–Crippen LogP) is 3.06. The minimum atomic E-state index is -0.885. The van der Waals surface area contributed by atoms with Gasteiger partial charge in [-0.15, -0.1) is 11.3 Å². The van der Waals surface area contributed by atoms with Gasteiger partial charge in [-0.25, -0.2) is 4.98 Å². The lowest BCUT2D eigenvalue weighted by atomic mass is 9.85. The van der Waals surface area contributed by atoms with Crippen molar-refractivity contribution in [2.24, 2.45) is 5.41 Å². The van der Waals surface area contributed by atoms with E-state index < -0.39 is 29.5 Å². The molecule has 13 heteroatoms. The van der Waals surface area contributed by atoms with Crippen LogP contribution in [0.3, 0.4) is 0 Å². The van der Waals surface area contributed by atoms with E-state index in [-0.39, 0.29) is 44.4 Å². The van der Waals surface area contributed by atoms with Gasteiger partial charge in [-0.2, -0.15) is 0 Å². The molecule has 0 bridgehead atoms. The van der Waals surface area contributed by atoms with Gasteiger partial charge in [0.05, 0.1) is 59.8 Å². The second-order valence-corrected chi connectivity index (χ2v) is 12.9. The molecule has 3 amide bonds. The maximum atomic E-state index is 13.7. The average Bonchev–Trinajstić information content (AvgIpc) is 3.58. The van der Waals surface area contributed by atoms with Crippen LogP contribution in [0.25, 0.3) is 10.4 Å². The number of benzene rings is 1. The maximum absolute atomic E-state index is 13.7. The molecular formula is C30H43IN4O7S. The predicted molar refractivity (Wildman–Crippen MR) is 173 cm³/mol. The number of aryl methyl sites for hydroxylation is 1. The molecule has 3 N–H and O–H groups in total. The van der Waals surface area contributed by atoms with E-state index in [1.54, 1.807) is 11.3 Å². The third kappa shape index (κ3) is 11.0. The summed E-state index contributed by atoms with van der Waals surface area (Å²) in [4.78, 5) is 46.5. The Balaban J connectivity index is 1.52. The number of nitrogens with zero attached hydrogens (tertiary/aromatic N) is 2. The second-order valence-electron chi connectivity index (χ2n) is 11.4. The van der Waals surface area contributed by atoms with Crippen LogP contribution in [0, 0.1) is 12.3 Å². The molecule has 0 spiro atoms. The van der Waals surface area contributed by atoms with Gasteiger partial charge >= 0.3 is 0 Å². The number of rotatable bonds is 16. The number of hydrogen-bond acceptors (Lipinski definition) is 9. The SMILES string of the molecule is Cc1ncsc1-c1ccc(CNC(=O)[C@@H]2C[C@@H](O)CN2C(=O)[C@@H](NC(=O)CCOCCOCCOCI)C(C)(C)C)cc1. The molecule has 2 aromatic rings. The van der Waals surface area contributed by atoms with Gasteiger partial charge in [-0.3, -0.25) is 14.4 Å². The van der Waals surface area contributed by atoms with E-state index in [4.69, 9.17) is 14.2 Å². The molecule has 1 aliphatic rings. The second kappa shape index (κ2) is 17.4. The van der Waals surface area contributed by atoms with Crippen molar-refractivity contribution < 1.29 is 33.7 Å². The van der Waals surface area contributed by atoms with Crippen LogP contribution in [-0.2, 0) is 35.1 Å². The van der Waals surface area contributed by atoms with Crippen LogP contribution in [0.4, 0.5) is 0 Å². The molecule has 3 atom stereocenters. The molecule has 1 aromatic carbocycles. The molecular weight excluding hydrogens is 687 g/mol. The summed E-state index contributed by atoms with van der Waals surface area (Å²) in [6, 6.07) is 6.17. The molecule has 0 aliphatic carbocycles. The zero-order valence-corrected chi connectivity index (χ0v) is 28.2. The number of alkyl halides is 1. The fraction of sp³-hybridized carbons (Fsp3) is 0.600. The summed E-state index contributed by atoms with van der Waals surface area (Å²) in [6.45, 7) is 9.76. The van der Waals surface area contributed by atoms with E-state index in [0.29, 0.717) is 31.0 Å². The van der Waals surface area contributed by atoms with Gasteiger partial charge in [0.15, 0.2) is 0 Å². The van der Waals surface area contributed by atoms with Crippen LogP contribution in [-0.4, -0.2) is 95.1 Å². The number of likely N-dealkylation sites (tertiary alicyclic amines) is 1. The Hall–Kier alpha value is -2.17. The molecule has 0 unspecified atom stereocenters. The van der Waals surface area contributed by atoms with E-state index >= 15 is 0 Å². The molecule has 11 nitrogen and oxygen atoms in total. The minimum absolute atomic E-state index is 0.0221. The van der Waals surface area contributed by atoms with Gasteiger partial charge in [0.1, 0.15) is 12.1 Å². The number of β-amino-alcohol motifs (C(OH)–C–C–N with tert-alkyl or cyclic N) is 1. The number of aromatic nitrogens is 1. The standard InChI is InChI=1S/C30H43IN4O7S/c1-20-26(43-19-33-20)22-7-5-21(6-8-22)16-32-28(38)24-15-23(36)17-35(24)29(39)27(30(2,3)4)34-25(37)9-10-40-11-12-41-13-14-42-18-31/h5-8,19,23-24,27,36H,9-18H2,1-4H3,(H,32,38)(H,34,37)/t23-,24+,27-/m1/s1. The summed E-state index contributed by atoms with van der Waals surface area (Å²) >= 11 is 3.70. The van der Waals surface area contributed by atoms with E-state index in [9.17, 15) is 19.5 Å². The van der Waals surface area contributed by atoms with E-state index in [0.717, 1.165) is 21.7 Å². The largest absolute Gasteiger partial charge is 0.391 e. The van der Waals surface area contributed by atoms with Crippen molar-refractivity contribution in [2.45, 2.75) is 65.3 Å². The smallest absolute Gasteiger partial charge is 0.246 e. The number of hydrogen-bond donors (Lipinski definition) is 3. The van der Waals surface area contributed by atoms with Gasteiger partial charge in [0.25, 0.3) is 0 Å². The molecule has 0 radical (unpaired) electrons. The molecule has 1 fully saturated rings. The van der Waals surface area contributed by atoms with Crippen LogP contribution in [0.15, 0.2) is 29.8 Å². The van der Waals surface area contributed by atoms with Crippen molar-refractivity contribution >= 4 is 51.6 Å². The highest BCUT2D eigenvalue weighted by atomic mass is 127. The number of halogens is 1. The third-order valence-electron chi connectivity index (χ3n) is 7.01. The Morgan fingerprint density at radius 1 is 1.09 bits per heavy atom. The molecule has 1 aromatic heterocycles. The summed E-state index contributed by atoms with van der Waals surface area (Å²) in [6.07, 6.45) is -0.626. The van der Waals surface area contributed by atoms with Gasteiger partial charge in [-0.1, -0.05) is 67.6 Å². The third-order valence-corrected chi connectivity index (χ3v) is 8.42. The Labute approximate surface area is 271 Å². The zero-order chi connectivity index (χ0) is 31.4. The van der Waals surface area contributed by atoms with Crippen molar-refractivity contribution in [3.63, 3.8) is 0 Å². The number of amides is 3. The van der Waals surface area contributed by atoms with Crippen LogP contribution < -0.4 is 10.6 Å². The topological polar surface area (TPSA) is 139 Å². The Morgan fingerprint density at radius 2 is 1.74 bits per heavy atom. The van der Waals surface area contributed by atoms with Crippen molar-refractivity contribution in [3.8, 4) is 10.4 Å². The van der Waals surface area contributed by atoms with Crippen molar-refractivity contribution in [2.75, 3.05) is 44.2 Å². The van der Waals surface area contributed by atoms with Crippen LogP contribution >= 0.6 is 33.9 Å². The van der Waals surface area contributed by atoms with E-state index in [1.807, 2.05) is 57.5 Å². The van der Waals surface area contributed by atoms with Gasteiger partial charge in [-0.05, 0) is 23.5 Å². The molecule has 0 saturated carbocycles. The summed E-state index contributed by atoms with van der Waals surface area (Å²) < 4.78 is 16.7. The number of ether oxygens (including phenoxy) is 3. The van der Waals surface area contributed by atoms with Gasteiger partial charge in [0.2, 0.25) is 17.7 Å². The molecule has 3 rings (SSSR count). The average molecular weight is 731 g/mol. The molecule has 1 aliphatic heterocycles. The molecule has 2 heterocycles. The van der Waals surface area contributed by atoms with E-state index in [2.05, 4.69) is 38.2 Å². The van der Waals surface area contributed by atoms with E-state index in [1.165, 1.54) is 4.90 Å². The number of carbonyl (C=O) groups excluding carboxylic acids is 3. The first-order valence-corrected chi connectivity index (χ1v) is 16.8. The normalized spacial score (nSPS) is 17.6. The van der Waals surface area contributed by atoms with Crippen molar-refractivity contribution in [1.82, 2.24) is 20.5 Å². The zero-order valence-electron chi connectivity index (χ0n) is 25.3. The highest BCUT2D eigenvalue weighted by Crippen LogP contribution is 2.28.